The van der Waals surface area contributed by atoms with Crippen LogP contribution in [-0.2, 0) is 27.2 Å². The minimum Gasteiger partial charge on any atom is -0.357 e. The topological polar surface area (TPSA) is 102 Å². The van der Waals surface area contributed by atoms with Gasteiger partial charge in [0.05, 0.1) is 6.54 Å². The fraction of sp³-hybridized carbons (Fsp3) is 0.308. The van der Waals surface area contributed by atoms with Gasteiger partial charge in [0.15, 0.2) is 17.7 Å². The quantitative estimate of drug-likeness (QED) is 0.102. The highest BCUT2D eigenvalue weighted by molar-refractivity contribution is 5.81. The van der Waals surface area contributed by atoms with Crippen molar-refractivity contribution < 1.29 is 14.2 Å². The fourth-order valence-corrected chi connectivity index (χ4v) is 6.04. The lowest BCUT2D eigenvalue weighted by molar-refractivity contribution is -0.108. The highest BCUT2D eigenvalue weighted by Gasteiger charge is 2.21. The van der Waals surface area contributed by atoms with Crippen LogP contribution in [0.5, 0.6) is 0 Å². The average Bonchev–Trinajstić information content (AvgIpc) is 3.76. The first kappa shape index (κ1) is 33.9. The molecule has 10 heteroatoms. The van der Waals surface area contributed by atoms with E-state index in [1.165, 1.54) is 0 Å². The summed E-state index contributed by atoms with van der Waals surface area (Å²) in [5, 5.41) is 12.5. The van der Waals surface area contributed by atoms with E-state index in [2.05, 4.69) is 87.7 Å². The zero-order valence-electron chi connectivity index (χ0n) is 28.8. The molecular formula is C39H43N7O3. The number of imidazole rings is 1. The van der Waals surface area contributed by atoms with Crippen molar-refractivity contribution in [2.45, 2.75) is 59.1 Å². The van der Waals surface area contributed by atoms with Crippen molar-refractivity contribution in [2.24, 2.45) is 0 Å². The molecule has 6 aromatic rings. The highest BCUT2D eigenvalue weighted by atomic mass is 16.7. The summed E-state index contributed by atoms with van der Waals surface area (Å²) in [6, 6.07) is 29.1. The number of rotatable bonds is 15. The largest absolute Gasteiger partial charge is 0.357 e. The highest BCUT2D eigenvalue weighted by Crippen LogP contribution is 2.33. The minimum absolute atomic E-state index is 0.287. The number of ether oxygens (including phenoxy) is 3. The van der Waals surface area contributed by atoms with Crippen LogP contribution in [-0.4, -0.2) is 55.6 Å². The van der Waals surface area contributed by atoms with Crippen LogP contribution in [0.2, 0.25) is 0 Å². The van der Waals surface area contributed by atoms with E-state index in [-0.39, 0.29) is 6.23 Å². The smallest absolute Gasteiger partial charge is 0.201 e. The fourth-order valence-electron chi connectivity index (χ4n) is 6.04. The van der Waals surface area contributed by atoms with Gasteiger partial charge in [-0.1, -0.05) is 104 Å². The van der Waals surface area contributed by atoms with Crippen LogP contribution in [0, 0.1) is 0 Å². The zero-order chi connectivity index (χ0) is 34.2. The molecule has 0 N–H and O–H groups in total. The Bertz CT molecular complexity index is 2000. The molecule has 0 saturated carbocycles. The van der Waals surface area contributed by atoms with Crippen LogP contribution < -0.4 is 0 Å². The lowest BCUT2D eigenvalue weighted by atomic mass is 9.98. The van der Waals surface area contributed by atoms with Gasteiger partial charge in [-0.05, 0) is 59.0 Å². The molecular weight excluding hydrogens is 614 g/mol. The third kappa shape index (κ3) is 7.51. The van der Waals surface area contributed by atoms with Gasteiger partial charge >= 0.3 is 0 Å². The number of aryl methyl sites for hydroxylation is 1. The summed E-state index contributed by atoms with van der Waals surface area (Å²) in [7, 11) is 3.27. The number of methoxy groups -OCH3 is 2. The number of tetrazole rings is 1. The maximum absolute atomic E-state index is 5.78. The molecule has 1 unspecified atom stereocenters. The van der Waals surface area contributed by atoms with Crippen LogP contribution >= 0.6 is 0 Å². The second-order valence-electron chi connectivity index (χ2n) is 11.8. The summed E-state index contributed by atoms with van der Waals surface area (Å²) in [6.45, 7) is 7.29. The van der Waals surface area contributed by atoms with Gasteiger partial charge in [0.1, 0.15) is 17.0 Å². The molecule has 49 heavy (non-hydrogen) atoms. The van der Waals surface area contributed by atoms with E-state index >= 15 is 0 Å². The Hall–Kier alpha value is -5.03. The Morgan fingerprint density at radius 1 is 0.837 bits per heavy atom. The van der Waals surface area contributed by atoms with Gasteiger partial charge in [-0.25, -0.2) is 9.97 Å². The van der Waals surface area contributed by atoms with Crippen LogP contribution in [0.1, 0.15) is 74.3 Å². The molecule has 0 aliphatic rings. The molecule has 0 spiro atoms. The van der Waals surface area contributed by atoms with Gasteiger partial charge in [0, 0.05) is 38.4 Å². The maximum atomic E-state index is 5.78. The lowest BCUT2D eigenvalue weighted by Crippen LogP contribution is -2.12. The number of hydrogen-bond acceptors (Lipinski definition) is 8. The molecule has 0 bridgehead atoms. The first-order chi connectivity index (χ1) is 24.0. The van der Waals surface area contributed by atoms with Crippen LogP contribution in [0.15, 0.2) is 84.9 Å². The molecule has 3 heterocycles. The van der Waals surface area contributed by atoms with Crippen LogP contribution in [0.3, 0.4) is 0 Å². The van der Waals surface area contributed by atoms with E-state index in [1.54, 1.807) is 18.9 Å². The second kappa shape index (κ2) is 15.9. The predicted octanol–water partition coefficient (Wildman–Crippen LogP) is 8.16. The number of unbranched alkanes of at least 4 members (excludes halogenated alkanes) is 1. The molecule has 10 nitrogen and oxygen atoms in total. The summed E-state index contributed by atoms with van der Waals surface area (Å²) >= 11 is 0. The van der Waals surface area contributed by atoms with E-state index in [0.717, 1.165) is 69.6 Å². The molecule has 6 rings (SSSR count). The van der Waals surface area contributed by atoms with Crippen molar-refractivity contribution in [2.75, 3.05) is 20.8 Å². The monoisotopic (exact) mass is 657 g/mol. The van der Waals surface area contributed by atoms with Crippen molar-refractivity contribution in [1.82, 2.24) is 34.7 Å². The van der Waals surface area contributed by atoms with Crippen molar-refractivity contribution >= 4 is 23.3 Å². The molecule has 252 valence electrons. The summed E-state index contributed by atoms with van der Waals surface area (Å²) in [5.74, 6) is 1.67. The van der Waals surface area contributed by atoms with Gasteiger partial charge in [-0.15, -0.1) is 5.10 Å². The SMILES string of the molecule is CCCCc1nc2cc(C=Cc3ccccc3)c(C(OC)OC)nc2n1Cc1ccc(-c2ccccc2-c2nnnn2C(C)OCC)cc1. The molecule has 0 fully saturated rings. The number of benzene rings is 3. The third-order valence-electron chi connectivity index (χ3n) is 8.54. The van der Waals surface area contributed by atoms with Crippen LogP contribution in [0.4, 0.5) is 0 Å². The van der Waals surface area contributed by atoms with Gasteiger partial charge in [0.2, 0.25) is 6.29 Å². The minimum atomic E-state index is -0.626. The van der Waals surface area contributed by atoms with E-state index < -0.39 is 6.29 Å². The van der Waals surface area contributed by atoms with E-state index in [0.29, 0.717) is 24.7 Å². The average molecular weight is 658 g/mol. The molecule has 0 aliphatic heterocycles. The Labute approximate surface area is 287 Å². The Balaban J connectivity index is 1.36. The number of hydrogen-bond donors (Lipinski definition) is 0. The summed E-state index contributed by atoms with van der Waals surface area (Å²) in [5.41, 5.74) is 8.55. The van der Waals surface area contributed by atoms with Crippen molar-refractivity contribution in [1.29, 1.82) is 0 Å². The molecule has 0 aliphatic carbocycles. The third-order valence-corrected chi connectivity index (χ3v) is 8.54. The number of fused-ring (bicyclic) bond motifs is 1. The van der Waals surface area contributed by atoms with Gasteiger partial charge in [0.25, 0.3) is 0 Å². The van der Waals surface area contributed by atoms with E-state index in [4.69, 9.17) is 24.2 Å². The van der Waals surface area contributed by atoms with Gasteiger partial charge in [-0.3, -0.25) is 0 Å². The summed E-state index contributed by atoms with van der Waals surface area (Å²) < 4.78 is 21.2. The Morgan fingerprint density at radius 2 is 1.57 bits per heavy atom. The standard InChI is InChI=1S/C39H43N7O3/c1-6-8-18-35-40-34-25-31(24-19-28-14-10-9-11-15-28)36(39(47-4)48-5)41-38(34)45(35)26-29-20-22-30(23-21-29)32-16-12-13-17-33(32)37-42-43-44-46(37)27(3)49-7-2/h9-17,19-25,27,39H,6-8,18,26H2,1-5H3. The molecule has 1 atom stereocenters. The summed E-state index contributed by atoms with van der Waals surface area (Å²) in [6.07, 6.45) is 6.18. The lowest BCUT2D eigenvalue weighted by Gasteiger charge is -2.16. The summed E-state index contributed by atoms with van der Waals surface area (Å²) in [4.78, 5) is 10.3. The van der Waals surface area contributed by atoms with E-state index in [1.807, 2.05) is 50.2 Å². The zero-order valence-corrected chi connectivity index (χ0v) is 28.8. The first-order valence-corrected chi connectivity index (χ1v) is 16.8. The molecule has 0 radical (unpaired) electrons. The number of aromatic nitrogens is 7. The predicted molar refractivity (Wildman–Crippen MR) is 192 cm³/mol. The van der Waals surface area contributed by atoms with Crippen molar-refractivity contribution in [3.63, 3.8) is 0 Å². The van der Waals surface area contributed by atoms with Gasteiger partial charge < -0.3 is 18.8 Å². The normalized spacial score (nSPS) is 12.4. The molecule has 3 aromatic carbocycles. The second-order valence-corrected chi connectivity index (χ2v) is 11.8. The Kier molecular flexibility index (Phi) is 11.0. The van der Waals surface area contributed by atoms with Crippen LogP contribution in [0.25, 0.3) is 45.8 Å². The maximum Gasteiger partial charge on any atom is 0.201 e. The number of pyridine rings is 1. The van der Waals surface area contributed by atoms with Crippen molar-refractivity contribution in [3.05, 3.63) is 113 Å². The van der Waals surface area contributed by atoms with E-state index in [9.17, 15) is 0 Å². The van der Waals surface area contributed by atoms with Gasteiger partial charge in [-0.2, -0.15) is 4.68 Å². The molecule has 0 amide bonds. The molecule has 3 aromatic heterocycles. The Morgan fingerprint density at radius 3 is 2.29 bits per heavy atom. The molecule has 0 saturated heterocycles. The van der Waals surface area contributed by atoms with Crippen molar-refractivity contribution in [3.8, 4) is 22.5 Å². The first-order valence-electron chi connectivity index (χ1n) is 16.8. The number of nitrogens with zero attached hydrogens (tertiary/aromatic N) is 7.